The standard InChI is InChI=1S/C32H32N2O2/c1-23(24-10-4-2-5-11-24)33-19-18-28-20-27-21-29(16-17-31(27)32(35)34-28)36-22-26-14-8-9-15-30(26)25-12-6-3-7-13-25/h2-17,21,23,28,33H,18-20,22H2,1H3,(H,34,35). The number of fused-ring (bicyclic) bond motifs is 1. The second kappa shape index (κ2) is 11.2. The predicted octanol–water partition coefficient (Wildman–Crippen LogP) is 6.33. The first kappa shape index (κ1) is 23.8. The predicted molar refractivity (Wildman–Crippen MR) is 145 cm³/mol. The molecule has 4 nitrogen and oxygen atoms in total. The van der Waals surface area contributed by atoms with Crippen molar-refractivity contribution in [3.63, 3.8) is 0 Å². The van der Waals surface area contributed by atoms with Crippen LogP contribution in [-0.2, 0) is 13.0 Å². The second-order valence-electron chi connectivity index (χ2n) is 9.38. The first-order valence-electron chi connectivity index (χ1n) is 12.7. The van der Waals surface area contributed by atoms with Gasteiger partial charge in [-0.1, -0.05) is 84.9 Å². The van der Waals surface area contributed by atoms with Crippen molar-refractivity contribution in [2.45, 2.75) is 38.5 Å². The molecule has 5 rings (SSSR count). The molecule has 1 aliphatic rings. The smallest absolute Gasteiger partial charge is 0.251 e. The third-order valence-electron chi connectivity index (χ3n) is 6.86. The van der Waals surface area contributed by atoms with Gasteiger partial charge in [-0.2, -0.15) is 0 Å². The number of hydrogen-bond acceptors (Lipinski definition) is 3. The number of ether oxygens (including phenoxy) is 1. The lowest BCUT2D eigenvalue weighted by Crippen LogP contribution is -2.43. The number of benzene rings is 4. The molecule has 0 aromatic heterocycles. The molecule has 4 aromatic rings. The zero-order chi connectivity index (χ0) is 24.7. The van der Waals surface area contributed by atoms with Crippen LogP contribution in [0.1, 0.15) is 46.4 Å². The summed E-state index contributed by atoms with van der Waals surface area (Å²) in [5, 5.41) is 6.75. The Morgan fingerprint density at radius 3 is 2.42 bits per heavy atom. The Balaban J connectivity index is 1.21. The molecule has 0 radical (unpaired) electrons. The van der Waals surface area contributed by atoms with Crippen LogP contribution in [0.3, 0.4) is 0 Å². The lowest BCUT2D eigenvalue weighted by atomic mass is 9.93. The van der Waals surface area contributed by atoms with Gasteiger partial charge in [-0.25, -0.2) is 0 Å². The lowest BCUT2D eigenvalue weighted by Gasteiger charge is -2.27. The Bertz CT molecular complexity index is 1300. The van der Waals surface area contributed by atoms with Gasteiger partial charge in [0.15, 0.2) is 0 Å². The second-order valence-corrected chi connectivity index (χ2v) is 9.38. The van der Waals surface area contributed by atoms with Crippen molar-refractivity contribution in [1.29, 1.82) is 0 Å². The largest absolute Gasteiger partial charge is 0.489 e. The van der Waals surface area contributed by atoms with Crippen molar-refractivity contribution in [3.05, 3.63) is 125 Å². The Labute approximate surface area is 213 Å². The van der Waals surface area contributed by atoms with E-state index in [4.69, 9.17) is 4.74 Å². The molecule has 2 atom stereocenters. The maximum Gasteiger partial charge on any atom is 0.251 e. The minimum Gasteiger partial charge on any atom is -0.489 e. The zero-order valence-electron chi connectivity index (χ0n) is 20.6. The van der Waals surface area contributed by atoms with Crippen LogP contribution in [0.2, 0.25) is 0 Å². The van der Waals surface area contributed by atoms with E-state index in [1.54, 1.807) is 0 Å². The first-order valence-corrected chi connectivity index (χ1v) is 12.7. The summed E-state index contributed by atoms with van der Waals surface area (Å²) in [6.45, 7) is 3.48. The molecule has 4 aromatic carbocycles. The Kier molecular flexibility index (Phi) is 7.44. The van der Waals surface area contributed by atoms with Crippen LogP contribution >= 0.6 is 0 Å². The number of carbonyl (C=O) groups is 1. The molecule has 36 heavy (non-hydrogen) atoms. The molecule has 0 saturated carbocycles. The minimum absolute atomic E-state index is 0.00155. The van der Waals surface area contributed by atoms with E-state index < -0.39 is 0 Å². The van der Waals surface area contributed by atoms with Crippen molar-refractivity contribution in [1.82, 2.24) is 10.6 Å². The SMILES string of the molecule is CC(NCCC1Cc2cc(OCc3ccccc3-c3ccccc3)ccc2C(=O)N1)c1ccccc1. The number of amides is 1. The van der Waals surface area contributed by atoms with Crippen molar-refractivity contribution in [2.75, 3.05) is 6.54 Å². The van der Waals surface area contributed by atoms with E-state index in [1.165, 1.54) is 16.7 Å². The van der Waals surface area contributed by atoms with Gasteiger partial charge in [-0.05, 0) is 72.3 Å². The third-order valence-corrected chi connectivity index (χ3v) is 6.86. The highest BCUT2D eigenvalue weighted by Crippen LogP contribution is 2.27. The van der Waals surface area contributed by atoms with Gasteiger partial charge in [0.1, 0.15) is 12.4 Å². The summed E-state index contributed by atoms with van der Waals surface area (Å²) < 4.78 is 6.21. The van der Waals surface area contributed by atoms with E-state index in [0.717, 1.165) is 41.8 Å². The molecule has 0 fully saturated rings. The fourth-order valence-corrected chi connectivity index (χ4v) is 4.84. The molecule has 0 saturated heterocycles. The quantitative estimate of drug-likeness (QED) is 0.297. The minimum atomic E-state index is -0.00155. The van der Waals surface area contributed by atoms with Crippen LogP contribution in [0.4, 0.5) is 0 Å². The highest BCUT2D eigenvalue weighted by atomic mass is 16.5. The topological polar surface area (TPSA) is 50.4 Å². The molecule has 0 spiro atoms. The van der Waals surface area contributed by atoms with Gasteiger partial charge in [0.25, 0.3) is 5.91 Å². The maximum atomic E-state index is 12.7. The van der Waals surface area contributed by atoms with Crippen LogP contribution in [0.15, 0.2) is 103 Å². The van der Waals surface area contributed by atoms with Gasteiger partial charge in [0.05, 0.1) is 0 Å². The third kappa shape index (κ3) is 5.67. The molecule has 0 aliphatic carbocycles. The normalized spacial score (nSPS) is 15.6. The van der Waals surface area contributed by atoms with Gasteiger partial charge >= 0.3 is 0 Å². The van der Waals surface area contributed by atoms with E-state index in [1.807, 2.05) is 36.4 Å². The van der Waals surface area contributed by atoms with Crippen molar-refractivity contribution >= 4 is 5.91 Å². The summed E-state index contributed by atoms with van der Waals surface area (Å²) in [7, 11) is 0. The fourth-order valence-electron chi connectivity index (χ4n) is 4.84. The van der Waals surface area contributed by atoms with Crippen molar-refractivity contribution < 1.29 is 9.53 Å². The summed E-state index contributed by atoms with van der Waals surface area (Å²) in [4.78, 5) is 12.7. The zero-order valence-corrected chi connectivity index (χ0v) is 20.6. The van der Waals surface area contributed by atoms with Gasteiger partial charge in [0, 0.05) is 17.6 Å². The van der Waals surface area contributed by atoms with Gasteiger partial charge in [0.2, 0.25) is 0 Å². The molecule has 0 bridgehead atoms. The Hall–Kier alpha value is -3.89. The molecule has 1 amide bonds. The van der Waals surface area contributed by atoms with Gasteiger partial charge in [-0.15, -0.1) is 0 Å². The van der Waals surface area contributed by atoms with E-state index in [9.17, 15) is 4.79 Å². The number of rotatable bonds is 9. The van der Waals surface area contributed by atoms with E-state index >= 15 is 0 Å². The van der Waals surface area contributed by atoms with Crippen molar-refractivity contribution in [3.8, 4) is 16.9 Å². The van der Waals surface area contributed by atoms with Crippen LogP contribution in [0, 0.1) is 0 Å². The Morgan fingerprint density at radius 2 is 1.61 bits per heavy atom. The monoisotopic (exact) mass is 476 g/mol. The number of carbonyl (C=O) groups excluding carboxylic acids is 1. The summed E-state index contributed by atoms with van der Waals surface area (Å²) in [6, 6.07) is 35.3. The highest BCUT2D eigenvalue weighted by molar-refractivity contribution is 5.97. The first-order chi connectivity index (χ1) is 17.7. The molecule has 1 heterocycles. The average Bonchev–Trinajstić information content (AvgIpc) is 2.93. The van der Waals surface area contributed by atoms with E-state index in [2.05, 4.69) is 84.3 Å². The summed E-state index contributed by atoms with van der Waals surface area (Å²) in [6.07, 6.45) is 1.68. The van der Waals surface area contributed by atoms with Crippen LogP contribution < -0.4 is 15.4 Å². The van der Waals surface area contributed by atoms with Crippen LogP contribution in [0.5, 0.6) is 5.75 Å². The van der Waals surface area contributed by atoms with Gasteiger partial charge < -0.3 is 15.4 Å². The van der Waals surface area contributed by atoms with Crippen LogP contribution in [-0.4, -0.2) is 18.5 Å². The Morgan fingerprint density at radius 1 is 0.889 bits per heavy atom. The number of hydrogen-bond donors (Lipinski definition) is 2. The lowest BCUT2D eigenvalue weighted by molar-refractivity contribution is 0.0922. The van der Waals surface area contributed by atoms with E-state index in [0.29, 0.717) is 6.61 Å². The molecule has 4 heteroatoms. The average molecular weight is 477 g/mol. The molecule has 2 N–H and O–H groups in total. The highest BCUT2D eigenvalue weighted by Gasteiger charge is 2.24. The molecule has 182 valence electrons. The molecular weight excluding hydrogens is 444 g/mol. The van der Waals surface area contributed by atoms with Gasteiger partial charge in [-0.3, -0.25) is 4.79 Å². The fraction of sp³-hybridized carbons (Fsp3) is 0.219. The molecule has 1 aliphatic heterocycles. The van der Waals surface area contributed by atoms with E-state index in [-0.39, 0.29) is 18.0 Å². The molecular formula is C32H32N2O2. The van der Waals surface area contributed by atoms with Crippen LogP contribution in [0.25, 0.3) is 11.1 Å². The number of nitrogens with one attached hydrogen (secondary N) is 2. The summed E-state index contributed by atoms with van der Waals surface area (Å²) in [5.74, 6) is 0.791. The maximum absolute atomic E-state index is 12.7. The summed E-state index contributed by atoms with van der Waals surface area (Å²) in [5.41, 5.74) is 6.55. The summed E-state index contributed by atoms with van der Waals surface area (Å²) >= 11 is 0. The van der Waals surface area contributed by atoms with Crippen molar-refractivity contribution in [2.24, 2.45) is 0 Å². The molecule has 2 unspecified atom stereocenters.